The molecule has 2 aromatic rings. The third-order valence-corrected chi connectivity index (χ3v) is 4.96. The topological polar surface area (TPSA) is 48.1 Å². The van der Waals surface area contributed by atoms with Gasteiger partial charge in [-0.3, -0.25) is 4.79 Å². The zero-order chi connectivity index (χ0) is 18.5. The Morgan fingerprint density at radius 3 is 2.77 bits per heavy atom. The van der Waals surface area contributed by atoms with Crippen LogP contribution in [0.25, 0.3) is 16.5 Å². The number of nitrogens with zero attached hydrogens (tertiary/aromatic N) is 1. The lowest BCUT2D eigenvalue weighted by molar-refractivity contribution is -0.134. The van der Waals surface area contributed by atoms with Gasteiger partial charge in [0.05, 0.1) is 5.92 Å². The van der Waals surface area contributed by atoms with Crippen molar-refractivity contribution >= 4 is 22.4 Å². The molecule has 1 aliphatic carbocycles. The van der Waals surface area contributed by atoms with E-state index in [1.54, 1.807) is 7.05 Å². The SMILES string of the molecule is CNCC(/C=C1\CCc2c[nH]c3cccc1c23)C(=O)N(CCF)CCF. The van der Waals surface area contributed by atoms with Crippen LogP contribution < -0.4 is 5.32 Å². The summed E-state index contributed by atoms with van der Waals surface area (Å²) in [4.78, 5) is 17.4. The van der Waals surface area contributed by atoms with Crippen molar-refractivity contribution in [3.05, 3.63) is 41.6 Å². The van der Waals surface area contributed by atoms with Gasteiger partial charge >= 0.3 is 0 Å². The first-order valence-corrected chi connectivity index (χ1v) is 9.05. The van der Waals surface area contributed by atoms with Gasteiger partial charge in [0.1, 0.15) is 13.3 Å². The molecule has 0 fully saturated rings. The lowest BCUT2D eigenvalue weighted by Gasteiger charge is -2.25. The number of aromatic amines is 1. The van der Waals surface area contributed by atoms with Crippen molar-refractivity contribution in [2.45, 2.75) is 12.8 Å². The van der Waals surface area contributed by atoms with Gasteiger partial charge in [0.25, 0.3) is 0 Å². The molecule has 3 rings (SSSR count). The van der Waals surface area contributed by atoms with Crippen LogP contribution in [0.1, 0.15) is 17.5 Å². The Morgan fingerprint density at radius 2 is 2.08 bits per heavy atom. The Labute approximate surface area is 152 Å². The van der Waals surface area contributed by atoms with Crippen LogP contribution in [0.15, 0.2) is 30.5 Å². The number of nitrogens with one attached hydrogen (secondary N) is 2. The van der Waals surface area contributed by atoms with Crippen molar-refractivity contribution < 1.29 is 13.6 Å². The van der Waals surface area contributed by atoms with E-state index in [9.17, 15) is 13.6 Å². The van der Waals surface area contributed by atoms with Crippen LogP contribution in [0.5, 0.6) is 0 Å². The fourth-order valence-electron chi connectivity index (χ4n) is 3.75. The third-order valence-electron chi connectivity index (χ3n) is 4.96. The molecule has 1 aliphatic rings. The zero-order valence-corrected chi connectivity index (χ0v) is 15.0. The van der Waals surface area contributed by atoms with E-state index < -0.39 is 19.3 Å². The number of benzene rings is 1. The number of hydrogen-bond acceptors (Lipinski definition) is 2. The number of alkyl halides is 2. The standard InChI is InChI=1S/C20H25F2N3O/c1-23-12-16(20(26)25(9-7-21)10-8-22)11-14-5-6-15-13-24-18-4-2-3-17(14)19(15)18/h2-4,11,13,16,23-24H,5-10,12H2,1H3/b14-11+. The molecule has 1 amide bonds. The van der Waals surface area contributed by atoms with Crippen LogP contribution >= 0.6 is 0 Å². The molecule has 1 unspecified atom stereocenters. The van der Waals surface area contributed by atoms with Crippen LogP contribution in [-0.4, -0.2) is 55.8 Å². The summed E-state index contributed by atoms with van der Waals surface area (Å²) in [5, 5.41) is 4.24. The Morgan fingerprint density at radius 1 is 1.31 bits per heavy atom. The number of amides is 1. The van der Waals surface area contributed by atoms with Crippen molar-refractivity contribution in [1.29, 1.82) is 0 Å². The normalized spacial score (nSPS) is 16.2. The van der Waals surface area contributed by atoms with Crippen molar-refractivity contribution in [3.63, 3.8) is 0 Å². The molecule has 1 aromatic heterocycles. The van der Waals surface area contributed by atoms with E-state index in [1.165, 1.54) is 15.8 Å². The number of aryl methyl sites for hydroxylation is 1. The number of aromatic nitrogens is 1. The Bertz CT molecular complexity index is 793. The summed E-state index contributed by atoms with van der Waals surface area (Å²) in [5.74, 6) is -0.668. The maximum Gasteiger partial charge on any atom is 0.230 e. The van der Waals surface area contributed by atoms with Crippen molar-refractivity contribution in [2.75, 3.05) is 40.0 Å². The van der Waals surface area contributed by atoms with Gasteiger partial charge in [-0.25, -0.2) is 8.78 Å². The van der Waals surface area contributed by atoms with Gasteiger partial charge in [-0.05, 0) is 42.7 Å². The lowest BCUT2D eigenvalue weighted by atomic mass is 9.86. The zero-order valence-electron chi connectivity index (χ0n) is 15.0. The smallest absolute Gasteiger partial charge is 0.230 e. The number of allylic oxidation sites excluding steroid dienone is 1. The third kappa shape index (κ3) is 3.65. The fourth-order valence-corrected chi connectivity index (χ4v) is 3.75. The molecule has 0 saturated heterocycles. The number of carbonyl (C=O) groups excluding carboxylic acids is 1. The molecule has 0 aliphatic heterocycles. The number of halogens is 2. The maximum atomic E-state index is 12.8. The van der Waals surface area contributed by atoms with Crippen LogP contribution in [0.3, 0.4) is 0 Å². The van der Waals surface area contributed by atoms with Gasteiger partial charge in [0, 0.05) is 36.7 Å². The number of rotatable bonds is 8. The highest BCUT2D eigenvalue weighted by Crippen LogP contribution is 2.36. The molecular formula is C20H25F2N3O. The maximum absolute atomic E-state index is 12.8. The van der Waals surface area contributed by atoms with E-state index in [1.807, 2.05) is 24.4 Å². The average Bonchev–Trinajstić information content (AvgIpc) is 3.07. The largest absolute Gasteiger partial charge is 0.361 e. The van der Waals surface area contributed by atoms with Crippen molar-refractivity contribution in [1.82, 2.24) is 15.2 Å². The van der Waals surface area contributed by atoms with Gasteiger partial charge in [0.15, 0.2) is 0 Å². The summed E-state index contributed by atoms with van der Waals surface area (Å²) in [6.45, 7) is -1.03. The summed E-state index contributed by atoms with van der Waals surface area (Å²) in [7, 11) is 1.78. The van der Waals surface area contributed by atoms with Crippen LogP contribution in [0, 0.1) is 5.92 Å². The minimum Gasteiger partial charge on any atom is -0.361 e. The molecule has 0 saturated carbocycles. The molecule has 1 heterocycles. The predicted molar refractivity (Wildman–Crippen MR) is 101 cm³/mol. The van der Waals surface area contributed by atoms with E-state index in [4.69, 9.17) is 0 Å². The molecule has 6 heteroatoms. The highest BCUT2D eigenvalue weighted by atomic mass is 19.1. The minimum atomic E-state index is -0.666. The fraction of sp³-hybridized carbons (Fsp3) is 0.450. The molecule has 140 valence electrons. The monoisotopic (exact) mass is 361 g/mol. The van der Waals surface area contributed by atoms with Crippen LogP contribution in [0.2, 0.25) is 0 Å². The van der Waals surface area contributed by atoms with E-state index in [0.29, 0.717) is 6.54 Å². The predicted octanol–water partition coefficient (Wildman–Crippen LogP) is 3.10. The van der Waals surface area contributed by atoms with Crippen LogP contribution in [0.4, 0.5) is 8.78 Å². The van der Waals surface area contributed by atoms with Gasteiger partial charge < -0.3 is 15.2 Å². The first kappa shape index (κ1) is 18.6. The highest BCUT2D eigenvalue weighted by Gasteiger charge is 2.25. The highest BCUT2D eigenvalue weighted by molar-refractivity contribution is 5.97. The van der Waals surface area contributed by atoms with E-state index >= 15 is 0 Å². The molecule has 26 heavy (non-hydrogen) atoms. The van der Waals surface area contributed by atoms with E-state index in [2.05, 4.69) is 16.4 Å². The van der Waals surface area contributed by atoms with Gasteiger partial charge in [0.2, 0.25) is 5.91 Å². The molecule has 0 bridgehead atoms. The second kappa shape index (κ2) is 8.45. The van der Waals surface area contributed by atoms with Gasteiger partial charge in [-0.15, -0.1) is 0 Å². The first-order valence-electron chi connectivity index (χ1n) is 9.05. The quantitative estimate of drug-likeness (QED) is 0.759. The van der Waals surface area contributed by atoms with E-state index in [-0.39, 0.29) is 19.0 Å². The number of H-pyrrole nitrogens is 1. The lowest BCUT2D eigenvalue weighted by Crippen LogP contribution is -2.41. The van der Waals surface area contributed by atoms with Crippen LogP contribution in [-0.2, 0) is 11.2 Å². The molecule has 2 N–H and O–H groups in total. The first-order chi connectivity index (χ1) is 12.7. The summed E-state index contributed by atoms with van der Waals surface area (Å²) in [6.07, 6.45) is 5.80. The van der Waals surface area contributed by atoms with Gasteiger partial charge in [-0.1, -0.05) is 18.2 Å². The minimum absolute atomic E-state index is 0.0658. The average molecular weight is 361 g/mol. The molecule has 0 radical (unpaired) electrons. The second-order valence-electron chi connectivity index (χ2n) is 6.60. The van der Waals surface area contributed by atoms with Crippen molar-refractivity contribution in [2.24, 2.45) is 5.92 Å². The molecule has 4 nitrogen and oxygen atoms in total. The number of hydrogen-bond donors (Lipinski definition) is 2. The molecule has 1 aromatic carbocycles. The van der Waals surface area contributed by atoms with Crippen molar-refractivity contribution in [3.8, 4) is 0 Å². The molecule has 0 spiro atoms. The van der Waals surface area contributed by atoms with Gasteiger partial charge in [-0.2, -0.15) is 0 Å². The summed E-state index contributed by atoms with van der Waals surface area (Å²) < 4.78 is 25.5. The second-order valence-corrected chi connectivity index (χ2v) is 6.60. The Kier molecular flexibility index (Phi) is 6.04. The van der Waals surface area contributed by atoms with E-state index in [0.717, 1.165) is 29.5 Å². The Balaban J connectivity index is 1.93. The Hall–Kier alpha value is -2.21. The molecule has 1 atom stereocenters. The molecular weight excluding hydrogens is 336 g/mol. The number of carbonyl (C=O) groups is 1. The summed E-state index contributed by atoms with van der Waals surface area (Å²) in [6, 6.07) is 6.13. The summed E-state index contributed by atoms with van der Waals surface area (Å²) >= 11 is 0. The summed E-state index contributed by atoms with van der Waals surface area (Å²) in [5.41, 5.74) is 4.65.